The molecule has 11 heteroatoms. The molecule has 1 aromatic carbocycles. The number of rotatable bonds is 9. The average molecular weight is 421 g/mol. The van der Waals surface area contributed by atoms with Gasteiger partial charge in [0.25, 0.3) is 0 Å². The zero-order valence-corrected chi connectivity index (χ0v) is 17.4. The van der Waals surface area contributed by atoms with Gasteiger partial charge in [-0.05, 0) is 25.5 Å². The minimum Gasteiger partial charge on any atom is -0.491 e. The smallest absolute Gasteiger partial charge is 0.327 e. The molecule has 0 aliphatic carbocycles. The predicted molar refractivity (Wildman–Crippen MR) is 110 cm³/mol. The molecule has 0 fully saturated rings. The summed E-state index contributed by atoms with van der Waals surface area (Å²) < 4.78 is 30.1. The van der Waals surface area contributed by atoms with Crippen LogP contribution in [0.4, 0.5) is 5.82 Å². The molecule has 0 saturated heterocycles. The number of imidazole rings is 1. The van der Waals surface area contributed by atoms with Crippen LogP contribution in [0.25, 0.3) is 11.2 Å². The lowest BCUT2D eigenvalue weighted by atomic mass is 10.3. The van der Waals surface area contributed by atoms with Crippen LogP contribution >= 0.6 is 7.14 Å². The number of fused-ring (bicyclic) bond motifs is 1. The summed E-state index contributed by atoms with van der Waals surface area (Å²) in [5.41, 5.74) is 6.08. The van der Waals surface area contributed by atoms with Crippen LogP contribution in [0.3, 0.4) is 0 Å². The van der Waals surface area contributed by atoms with Gasteiger partial charge in [0.05, 0.1) is 20.0 Å². The first-order valence-corrected chi connectivity index (χ1v) is 11.7. The molecule has 0 aliphatic rings. The topological polar surface area (TPSA) is 134 Å². The van der Waals surface area contributed by atoms with E-state index in [-0.39, 0.29) is 31.3 Å². The molecule has 0 radical (unpaired) electrons. The Labute approximate surface area is 167 Å². The summed E-state index contributed by atoms with van der Waals surface area (Å²) in [6.45, 7) is 3.55. The highest BCUT2D eigenvalue weighted by Gasteiger charge is 2.21. The lowest BCUT2D eigenvalue weighted by Gasteiger charge is -2.20. The maximum absolute atomic E-state index is 12.5. The van der Waals surface area contributed by atoms with Gasteiger partial charge in [0.1, 0.15) is 31.1 Å². The Balaban J connectivity index is 1.88. The number of H-pyrrole nitrogens is 1. The molecule has 29 heavy (non-hydrogen) atoms. The van der Waals surface area contributed by atoms with Crippen molar-refractivity contribution in [3.8, 4) is 11.8 Å². The number of hydrogen-bond donors (Lipinski definition) is 2. The van der Waals surface area contributed by atoms with E-state index in [0.717, 1.165) is 0 Å². The fourth-order valence-corrected chi connectivity index (χ4v) is 3.21. The first kappa shape index (κ1) is 20.9. The largest absolute Gasteiger partial charge is 0.491 e. The van der Waals surface area contributed by atoms with Gasteiger partial charge in [0.2, 0.25) is 0 Å². The zero-order valence-electron chi connectivity index (χ0n) is 16.5. The molecule has 10 nitrogen and oxygen atoms in total. The van der Waals surface area contributed by atoms with E-state index >= 15 is 0 Å². The third-order valence-corrected chi connectivity index (χ3v) is 4.77. The number of benzene rings is 1. The third kappa shape index (κ3) is 5.36. The molecular weight excluding hydrogens is 397 g/mol. The molecule has 3 rings (SSSR count). The molecule has 3 N–H and O–H groups in total. The molecule has 0 spiro atoms. The van der Waals surface area contributed by atoms with Crippen LogP contribution in [-0.4, -0.2) is 59.0 Å². The van der Waals surface area contributed by atoms with Crippen molar-refractivity contribution >= 4 is 24.1 Å². The van der Waals surface area contributed by atoms with E-state index in [4.69, 9.17) is 19.9 Å². The lowest BCUT2D eigenvalue weighted by molar-refractivity contribution is 0.0338. The van der Waals surface area contributed by atoms with Crippen molar-refractivity contribution in [3.05, 3.63) is 40.8 Å². The highest BCUT2D eigenvalue weighted by atomic mass is 31.2. The van der Waals surface area contributed by atoms with Gasteiger partial charge in [-0.15, -0.1) is 0 Å². The average Bonchev–Trinajstić information content (AvgIpc) is 3.00. The van der Waals surface area contributed by atoms with Crippen LogP contribution in [-0.2, 0) is 15.8 Å². The van der Waals surface area contributed by atoms with E-state index in [1.54, 1.807) is 13.3 Å². The number of hydrogen-bond acceptors (Lipinski definition) is 8. The van der Waals surface area contributed by atoms with Crippen molar-refractivity contribution in [1.29, 1.82) is 0 Å². The molecule has 3 aromatic rings. The van der Waals surface area contributed by atoms with Gasteiger partial charge >= 0.3 is 11.7 Å². The molecule has 156 valence electrons. The zero-order chi connectivity index (χ0) is 21.0. The Hall–Kier alpha value is -2.84. The normalized spacial score (nSPS) is 12.8. The van der Waals surface area contributed by atoms with E-state index in [0.29, 0.717) is 16.9 Å². The molecular formula is C18H24N5O5P. The van der Waals surface area contributed by atoms with Gasteiger partial charge in [-0.25, -0.2) is 4.79 Å². The first-order valence-electron chi connectivity index (χ1n) is 8.90. The van der Waals surface area contributed by atoms with Crippen molar-refractivity contribution in [2.24, 2.45) is 0 Å². The Morgan fingerprint density at radius 3 is 2.62 bits per heavy atom. The second-order valence-electron chi connectivity index (χ2n) is 6.95. The standard InChI is InChI=1S/C18H24N5O5P/c1-26-17-21-15(19)14-16(22-17)23(18(24)20-14)9-13(28-11-29(2,3)25)10-27-12-7-5-4-6-8-12/h4-8,13H,9-11H2,1-3H3,(H,20,24)(H2,19,21,22). The molecule has 0 aliphatic heterocycles. The van der Waals surface area contributed by atoms with Gasteiger partial charge in [-0.1, -0.05) is 18.2 Å². The number of para-hydroxylation sites is 1. The Morgan fingerprint density at radius 1 is 1.24 bits per heavy atom. The Bertz CT molecular complexity index is 1080. The highest BCUT2D eigenvalue weighted by Crippen LogP contribution is 2.36. The lowest BCUT2D eigenvalue weighted by Crippen LogP contribution is -2.31. The van der Waals surface area contributed by atoms with Gasteiger partial charge < -0.3 is 29.5 Å². The fraction of sp³-hybridized carbons (Fsp3) is 0.389. The number of aromatic amines is 1. The third-order valence-electron chi connectivity index (χ3n) is 4.00. The molecule has 0 bridgehead atoms. The highest BCUT2D eigenvalue weighted by molar-refractivity contribution is 7.62. The fourth-order valence-electron chi connectivity index (χ4n) is 2.64. The minimum absolute atomic E-state index is 0.0485. The summed E-state index contributed by atoms with van der Waals surface area (Å²) in [6, 6.07) is 9.28. The molecule has 2 aromatic heterocycles. The number of methoxy groups -OCH3 is 1. The van der Waals surface area contributed by atoms with Gasteiger partial charge in [-0.2, -0.15) is 9.97 Å². The predicted octanol–water partition coefficient (Wildman–Crippen LogP) is 1.75. The van der Waals surface area contributed by atoms with Gasteiger partial charge in [0, 0.05) is 0 Å². The van der Waals surface area contributed by atoms with E-state index < -0.39 is 18.9 Å². The summed E-state index contributed by atoms with van der Waals surface area (Å²) in [6.07, 6.45) is -0.491. The molecule has 1 atom stereocenters. The van der Waals surface area contributed by atoms with Crippen molar-refractivity contribution in [3.63, 3.8) is 0 Å². The van der Waals surface area contributed by atoms with Crippen LogP contribution in [0.5, 0.6) is 11.8 Å². The Morgan fingerprint density at radius 2 is 1.97 bits per heavy atom. The molecule has 0 saturated carbocycles. The Kier molecular flexibility index (Phi) is 6.24. The molecule has 2 heterocycles. The van der Waals surface area contributed by atoms with Crippen LogP contribution in [0.1, 0.15) is 0 Å². The van der Waals surface area contributed by atoms with Crippen LogP contribution in [0.15, 0.2) is 35.1 Å². The van der Waals surface area contributed by atoms with Crippen molar-refractivity contribution in [2.45, 2.75) is 12.6 Å². The number of nitrogens with zero attached hydrogens (tertiary/aromatic N) is 3. The van der Waals surface area contributed by atoms with Crippen LogP contribution < -0.4 is 20.9 Å². The second-order valence-corrected chi connectivity index (χ2v) is 10.4. The van der Waals surface area contributed by atoms with E-state index in [9.17, 15) is 9.36 Å². The van der Waals surface area contributed by atoms with Gasteiger partial charge in [0.15, 0.2) is 11.5 Å². The van der Waals surface area contributed by atoms with Crippen LogP contribution in [0, 0.1) is 0 Å². The quantitative estimate of drug-likeness (QED) is 0.499. The number of nitrogens with two attached hydrogens (primary N) is 1. The SMILES string of the molecule is COc1nc(N)c2[nH]c(=O)n(CC(COc3ccccc3)OCP(C)(C)=O)c2n1. The summed E-state index contributed by atoms with van der Waals surface area (Å²) in [4.78, 5) is 23.3. The molecule has 0 amide bonds. The van der Waals surface area contributed by atoms with Crippen LogP contribution in [0.2, 0.25) is 0 Å². The number of aromatic nitrogens is 4. The maximum atomic E-state index is 12.5. The van der Waals surface area contributed by atoms with Gasteiger partial charge in [-0.3, -0.25) is 4.57 Å². The monoisotopic (exact) mass is 421 g/mol. The maximum Gasteiger partial charge on any atom is 0.327 e. The number of nitrogen functional groups attached to an aromatic ring is 1. The first-order chi connectivity index (χ1) is 13.8. The summed E-state index contributed by atoms with van der Waals surface area (Å²) in [5, 5.41) is 0. The molecule has 1 unspecified atom stereocenters. The summed E-state index contributed by atoms with van der Waals surface area (Å²) in [5.74, 6) is 0.768. The number of nitrogens with one attached hydrogen (secondary N) is 1. The number of ether oxygens (including phenoxy) is 3. The summed E-state index contributed by atoms with van der Waals surface area (Å²) >= 11 is 0. The summed E-state index contributed by atoms with van der Waals surface area (Å²) in [7, 11) is -1.01. The van der Waals surface area contributed by atoms with Crippen molar-refractivity contribution in [2.75, 3.05) is 39.1 Å². The van der Waals surface area contributed by atoms with Crippen molar-refractivity contribution < 1.29 is 18.8 Å². The van der Waals surface area contributed by atoms with E-state index in [1.807, 2.05) is 30.3 Å². The van der Waals surface area contributed by atoms with E-state index in [1.165, 1.54) is 11.7 Å². The van der Waals surface area contributed by atoms with E-state index in [2.05, 4.69) is 15.0 Å². The number of anilines is 1. The van der Waals surface area contributed by atoms with Crippen molar-refractivity contribution in [1.82, 2.24) is 19.5 Å². The second kappa shape index (κ2) is 8.67. The minimum atomic E-state index is -2.42.